The van der Waals surface area contributed by atoms with Crippen LogP contribution in [0.15, 0.2) is 78.4 Å². The number of rotatable bonds is 10. The van der Waals surface area contributed by atoms with E-state index in [1.807, 2.05) is 19.1 Å². The first-order valence-corrected chi connectivity index (χ1v) is 16.7. The second-order valence-corrected chi connectivity index (χ2v) is 14.1. The normalized spacial score (nSPS) is 45.8. The molecular weight excluding hydrogens is 604 g/mol. The van der Waals surface area contributed by atoms with Crippen molar-refractivity contribution in [3.63, 3.8) is 0 Å². The number of ketones is 1. The Kier molecular flexibility index (Phi) is 7.65. The fourth-order valence-corrected chi connectivity index (χ4v) is 9.24. The van der Waals surface area contributed by atoms with Crippen LogP contribution in [0.25, 0.3) is 0 Å². The molecule has 3 N–H and O–H groups in total. The summed E-state index contributed by atoms with van der Waals surface area (Å²) in [5.41, 5.74) is -6.01. The summed E-state index contributed by atoms with van der Waals surface area (Å²) in [5.74, 6) is -5.81. The van der Waals surface area contributed by atoms with Crippen molar-refractivity contribution in [2.24, 2.45) is 17.8 Å². The maximum Gasteiger partial charge on any atom is 0.338 e. The van der Waals surface area contributed by atoms with Gasteiger partial charge < -0.3 is 39.0 Å². The monoisotopic (exact) mass is 648 g/mol. The molecule has 2 unspecified atom stereocenters. The van der Waals surface area contributed by atoms with Gasteiger partial charge in [0, 0.05) is 23.8 Å². The number of esters is 1. The van der Waals surface area contributed by atoms with Gasteiger partial charge in [-0.1, -0.05) is 75.8 Å². The Morgan fingerprint density at radius 3 is 2.53 bits per heavy atom. The predicted molar refractivity (Wildman–Crippen MR) is 169 cm³/mol. The summed E-state index contributed by atoms with van der Waals surface area (Å²) in [5, 5.41) is 34.9. The SMILES string of the molecule is C=C(C)[C@@]12OC3(/C=C/C=C/CCCCC)O[C@@H]1[C@@H]1[C@@H]4O[C@]4(CO)[C@@H](O)[C@]4(O)C(=O)C(C)=C[C@H]4C1(O3)[C@H](C)[C@H]2OC(=O)c1ccccc1. The summed E-state index contributed by atoms with van der Waals surface area (Å²) in [6.07, 6.45) is 8.51. The molecule has 3 bridgehead atoms. The van der Waals surface area contributed by atoms with Crippen molar-refractivity contribution >= 4 is 11.8 Å². The molecule has 1 aromatic rings. The van der Waals surface area contributed by atoms with Gasteiger partial charge in [-0.25, -0.2) is 4.79 Å². The highest BCUT2D eigenvalue weighted by atomic mass is 16.9. The van der Waals surface area contributed by atoms with Crippen LogP contribution < -0.4 is 0 Å². The number of carbonyl (C=O) groups excluding carboxylic acids is 2. The van der Waals surface area contributed by atoms with Crippen LogP contribution >= 0.6 is 0 Å². The van der Waals surface area contributed by atoms with E-state index in [2.05, 4.69) is 13.5 Å². The van der Waals surface area contributed by atoms with E-state index < -0.39 is 88.9 Å². The van der Waals surface area contributed by atoms with E-state index in [0.29, 0.717) is 11.1 Å². The van der Waals surface area contributed by atoms with Crippen LogP contribution in [0.5, 0.6) is 0 Å². The molecule has 10 nitrogen and oxygen atoms in total. The molecule has 3 heterocycles. The zero-order chi connectivity index (χ0) is 33.6. The van der Waals surface area contributed by atoms with Gasteiger partial charge in [0.05, 0.1) is 17.8 Å². The molecule has 47 heavy (non-hydrogen) atoms. The Labute approximate surface area is 274 Å². The summed E-state index contributed by atoms with van der Waals surface area (Å²) >= 11 is 0. The number of fused-ring (bicyclic) bond motifs is 3. The molecule has 5 fully saturated rings. The number of epoxide rings is 1. The highest BCUT2D eigenvalue weighted by Gasteiger charge is 2.90. The lowest BCUT2D eigenvalue weighted by atomic mass is 9.53. The van der Waals surface area contributed by atoms with Crippen molar-refractivity contribution in [1.29, 1.82) is 0 Å². The summed E-state index contributed by atoms with van der Waals surface area (Å²) in [6, 6.07) is 8.57. The number of allylic oxidation sites excluding steroid dienone is 3. The number of benzene rings is 1. The van der Waals surface area contributed by atoms with Crippen molar-refractivity contribution in [3.8, 4) is 0 Å². The minimum Gasteiger partial charge on any atom is -0.455 e. The molecule has 10 heteroatoms. The zero-order valence-corrected chi connectivity index (χ0v) is 27.3. The number of carbonyl (C=O) groups is 2. The van der Waals surface area contributed by atoms with E-state index in [1.165, 1.54) is 0 Å². The topological polar surface area (TPSA) is 144 Å². The minimum atomic E-state index is -2.41. The highest BCUT2D eigenvalue weighted by Crippen LogP contribution is 2.73. The van der Waals surface area contributed by atoms with Gasteiger partial charge in [-0.3, -0.25) is 4.79 Å². The van der Waals surface area contributed by atoms with E-state index in [1.54, 1.807) is 62.4 Å². The number of aliphatic hydroxyl groups is 3. The smallest absolute Gasteiger partial charge is 0.338 e. The second kappa shape index (κ2) is 11.0. The predicted octanol–water partition coefficient (Wildman–Crippen LogP) is 3.70. The van der Waals surface area contributed by atoms with Gasteiger partial charge in [0.25, 0.3) is 0 Å². The molecule has 0 aromatic heterocycles. The first kappa shape index (κ1) is 32.6. The molecule has 3 aliphatic heterocycles. The first-order valence-electron chi connectivity index (χ1n) is 16.7. The third-order valence-electron chi connectivity index (χ3n) is 11.5. The Morgan fingerprint density at radius 1 is 1.11 bits per heavy atom. The van der Waals surface area contributed by atoms with Gasteiger partial charge in [-0.15, -0.1) is 0 Å². The molecule has 6 aliphatic rings. The number of ether oxygens (including phenoxy) is 5. The van der Waals surface area contributed by atoms with E-state index in [9.17, 15) is 24.9 Å². The number of aliphatic hydroxyl groups excluding tert-OH is 2. The summed E-state index contributed by atoms with van der Waals surface area (Å²) in [6.45, 7) is 11.0. The second-order valence-electron chi connectivity index (χ2n) is 14.1. The molecule has 7 rings (SSSR count). The standard InChI is InChI=1S/C37H44O10/c1-6-7-8-9-10-11-15-18-34-45-30-26-29-33(20-38,44-29)32(41)35(42)25(19-22(4)27(35)39)37(26,47-34)23(5)28(36(30,46-34)21(2)3)43-31(40)24-16-13-12-14-17-24/h10-19,23,25-26,28-30,32,38,41-42H,2,6-9,20H2,1,3-5H3/b11-10+,18-15+/t23-,25-,26+,28-,29+,30-,32-,33+,34?,35-,36+,37?/m1/s1. The molecule has 3 saturated heterocycles. The molecule has 0 amide bonds. The largest absolute Gasteiger partial charge is 0.455 e. The number of Topliss-reactive ketones (excluding diaryl/α,β-unsaturated/α-hetero) is 1. The molecule has 1 aromatic carbocycles. The molecule has 12 atom stereocenters. The molecule has 2 saturated carbocycles. The summed E-state index contributed by atoms with van der Waals surface area (Å²) in [4.78, 5) is 27.6. The van der Waals surface area contributed by atoms with Crippen LogP contribution in [0.2, 0.25) is 0 Å². The fraction of sp³-hybridized carbons (Fsp3) is 0.568. The third-order valence-corrected chi connectivity index (χ3v) is 11.5. The van der Waals surface area contributed by atoms with Crippen LogP contribution in [-0.2, 0) is 28.5 Å². The fourth-order valence-electron chi connectivity index (χ4n) is 9.24. The molecule has 3 aliphatic carbocycles. The Bertz CT molecular complexity index is 1570. The van der Waals surface area contributed by atoms with Crippen molar-refractivity contribution in [3.05, 3.63) is 84.0 Å². The first-order chi connectivity index (χ1) is 22.4. The van der Waals surface area contributed by atoms with Gasteiger partial charge in [0.1, 0.15) is 30.0 Å². The average molecular weight is 649 g/mol. The summed E-state index contributed by atoms with van der Waals surface area (Å²) < 4.78 is 33.2. The Morgan fingerprint density at radius 2 is 1.85 bits per heavy atom. The van der Waals surface area contributed by atoms with Gasteiger partial charge in [0.15, 0.2) is 17.0 Å². The van der Waals surface area contributed by atoms with Gasteiger partial charge in [-0.2, -0.15) is 0 Å². The van der Waals surface area contributed by atoms with Crippen molar-refractivity contribution < 1.29 is 48.6 Å². The van der Waals surface area contributed by atoms with Gasteiger partial charge in [0.2, 0.25) is 0 Å². The van der Waals surface area contributed by atoms with Crippen LogP contribution in [0.4, 0.5) is 0 Å². The highest BCUT2D eigenvalue weighted by molar-refractivity contribution is 6.05. The van der Waals surface area contributed by atoms with Crippen LogP contribution in [0.1, 0.15) is 63.7 Å². The van der Waals surface area contributed by atoms with E-state index >= 15 is 0 Å². The summed E-state index contributed by atoms with van der Waals surface area (Å²) in [7, 11) is 0. The molecule has 0 radical (unpaired) electrons. The maximum absolute atomic E-state index is 13.8. The van der Waals surface area contributed by atoms with Crippen LogP contribution in [-0.4, -0.2) is 86.5 Å². The van der Waals surface area contributed by atoms with Crippen molar-refractivity contribution in [2.75, 3.05) is 6.61 Å². The van der Waals surface area contributed by atoms with Crippen LogP contribution in [0, 0.1) is 17.8 Å². The molecule has 0 spiro atoms. The average Bonchev–Trinajstić information content (AvgIpc) is 3.69. The lowest BCUT2D eigenvalue weighted by molar-refractivity contribution is -0.407. The molecular formula is C37H44O10. The van der Waals surface area contributed by atoms with Gasteiger partial charge >= 0.3 is 11.9 Å². The maximum atomic E-state index is 13.8. The van der Waals surface area contributed by atoms with Crippen LogP contribution in [0.3, 0.4) is 0 Å². The Balaban J connectivity index is 1.41. The van der Waals surface area contributed by atoms with E-state index in [-0.39, 0.29) is 5.57 Å². The number of unbranched alkanes of at least 4 members (excludes halogenated alkanes) is 3. The van der Waals surface area contributed by atoms with E-state index in [0.717, 1.165) is 25.7 Å². The van der Waals surface area contributed by atoms with Gasteiger partial charge in [-0.05, 0) is 50.0 Å². The molecule has 252 valence electrons. The number of hydrogen-bond donors (Lipinski definition) is 3. The van der Waals surface area contributed by atoms with Crippen molar-refractivity contribution in [2.45, 2.75) is 106 Å². The minimum absolute atomic E-state index is 0.238. The Hall–Kier alpha value is -2.96. The lowest BCUT2D eigenvalue weighted by Gasteiger charge is -2.61. The zero-order valence-electron chi connectivity index (χ0n) is 27.3. The third kappa shape index (κ3) is 4.16. The number of hydrogen-bond acceptors (Lipinski definition) is 10. The van der Waals surface area contributed by atoms with E-state index in [4.69, 9.17) is 23.7 Å². The lowest BCUT2D eigenvalue weighted by Crippen LogP contribution is -2.76. The van der Waals surface area contributed by atoms with Crippen molar-refractivity contribution in [1.82, 2.24) is 0 Å². The quantitative estimate of drug-likeness (QED) is 0.113.